The van der Waals surface area contributed by atoms with E-state index in [1.54, 1.807) is 0 Å². The molecule has 0 spiro atoms. The van der Waals surface area contributed by atoms with E-state index in [1.165, 1.54) is 68.1 Å². The van der Waals surface area contributed by atoms with Gasteiger partial charge in [-0.2, -0.15) is 0 Å². The zero-order chi connectivity index (χ0) is 21.2. The standard InChI is InChI=1S/C28H38O2/c1-3-5-7-8-10-12-26-21-27(30-28(26)29)25-19-17-24(18-20-25)23-15-13-22(14-16-23)11-9-6-4-2/h13-20,26-27H,3-12,21H2,1-2H3. The smallest absolute Gasteiger partial charge is 0.309 e. The van der Waals surface area contributed by atoms with Crippen LogP contribution in [0.1, 0.15) is 95.3 Å². The Morgan fingerprint density at radius 1 is 0.767 bits per heavy atom. The van der Waals surface area contributed by atoms with Crippen molar-refractivity contribution in [2.45, 2.75) is 90.6 Å². The van der Waals surface area contributed by atoms with Crippen LogP contribution in [0.5, 0.6) is 0 Å². The number of benzene rings is 2. The van der Waals surface area contributed by atoms with Crippen LogP contribution < -0.4 is 0 Å². The van der Waals surface area contributed by atoms with E-state index in [-0.39, 0.29) is 18.0 Å². The molecule has 0 amide bonds. The Labute approximate surface area is 183 Å². The van der Waals surface area contributed by atoms with Crippen LogP contribution in [-0.2, 0) is 16.0 Å². The molecule has 1 aliphatic heterocycles. The highest BCUT2D eigenvalue weighted by Crippen LogP contribution is 2.36. The second kappa shape index (κ2) is 11.9. The van der Waals surface area contributed by atoms with Crippen molar-refractivity contribution in [2.24, 2.45) is 5.92 Å². The van der Waals surface area contributed by atoms with E-state index in [0.717, 1.165) is 24.8 Å². The molecule has 2 aromatic rings. The lowest BCUT2D eigenvalue weighted by molar-refractivity contribution is -0.144. The van der Waals surface area contributed by atoms with Gasteiger partial charge < -0.3 is 4.74 Å². The minimum Gasteiger partial charge on any atom is -0.457 e. The molecule has 30 heavy (non-hydrogen) atoms. The number of hydrogen-bond acceptors (Lipinski definition) is 2. The Balaban J connectivity index is 1.52. The van der Waals surface area contributed by atoms with Crippen LogP contribution in [0.25, 0.3) is 11.1 Å². The molecule has 0 N–H and O–H groups in total. The number of carbonyl (C=O) groups excluding carboxylic acids is 1. The van der Waals surface area contributed by atoms with Gasteiger partial charge in [-0.15, -0.1) is 0 Å². The molecule has 0 aromatic heterocycles. The molecule has 2 heteroatoms. The van der Waals surface area contributed by atoms with Crippen molar-refractivity contribution in [3.05, 3.63) is 59.7 Å². The highest BCUT2D eigenvalue weighted by molar-refractivity contribution is 5.75. The topological polar surface area (TPSA) is 26.3 Å². The maximum absolute atomic E-state index is 12.3. The quantitative estimate of drug-likeness (QED) is 0.263. The second-order valence-corrected chi connectivity index (χ2v) is 8.84. The van der Waals surface area contributed by atoms with E-state index < -0.39 is 0 Å². The summed E-state index contributed by atoms with van der Waals surface area (Å²) in [6.07, 6.45) is 12.9. The third-order valence-corrected chi connectivity index (χ3v) is 6.39. The van der Waals surface area contributed by atoms with Gasteiger partial charge in [0.1, 0.15) is 6.10 Å². The molecule has 1 heterocycles. The van der Waals surface area contributed by atoms with Crippen molar-refractivity contribution in [3.8, 4) is 11.1 Å². The predicted molar refractivity (Wildman–Crippen MR) is 125 cm³/mol. The van der Waals surface area contributed by atoms with Gasteiger partial charge in [0.25, 0.3) is 0 Å². The van der Waals surface area contributed by atoms with Gasteiger partial charge in [-0.1, -0.05) is 107 Å². The summed E-state index contributed by atoms with van der Waals surface area (Å²) in [4.78, 5) is 12.3. The Morgan fingerprint density at radius 3 is 2.03 bits per heavy atom. The minimum atomic E-state index is -0.0758. The van der Waals surface area contributed by atoms with Gasteiger partial charge in [0.15, 0.2) is 0 Å². The number of cyclic esters (lactones) is 1. The largest absolute Gasteiger partial charge is 0.457 e. The summed E-state index contributed by atoms with van der Waals surface area (Å²) in [6, 6.07) is 17.5. The molecule has 0 aliphatic carbocycles. The number of esters is 1. The molecule has 1 saturated heterocycles. The van der Waals surface area contributed by atoms with E-state index in [0.29, 0.717) is 0 Å². The average molecular weight is 407 g/mol. The minimum absolute atomic E-state index is 0.00164. The molecule has 2 nitrogen and oxygen atoms in total. The summed E-state index contributed by atoms with van der Waals surface area (Å²) >= 11 is 0. The molecule has 2 atom stereocenters. The number of aryl methyl sites for hydroxylation is 1. The summed E-state index contributed by atoms with van der Waals surface area (Å²) in [5.41, 5.74) is 5.00. The molecule has 3 rings (SSSR count). The van der Waals surface area contributed by atoms with Gasteiger partial charge in [-0.3, -0.25) is 4.79 Å². The van der Waals surface area contributed by atoms with Crippen LogP contribution in [0.4, 0.5) is 0 Å². The molecule has 0 bridgehead atoms. The number of carbonyl (C=O) groups is 1. The zero-order valence-corrected chi connectivity index (χ0v) is 18.9. The fourth-order valence-electron chi connectivity index (χ4n) is 4.41. The SMILES string of the molecule is CCCCCCCC1CC(c2ccc(-c3ccc(CCCCC)cc3)cc2)OC1=O. The molecule has 0 saturated carbocycles. The van der Waals surface area contributed by atoms with Gasteiger partial charge in [0, 0.05) is 6.42 Å². The molecule has 1 aliphatic rings. The predicted octanol–water partition coefficient (Wildman–Crippen LogP) is 8.05. The summed E-state index contributed by atoms with van der Waals surface area (Å²) in [7, 11) is 0. The van der Waals surface area contributed by atoms with E-state index in [9.17, 15) is 4.79 Å². The van der Waals surface area contributed by atoms with Crippen LogP contribution in [0.3, 0.4) is 0 Å². The van der Waals surface area contributed by atoms with Crippen molar-refractivity contribution >= 4 is 5.97 Å². The van der Waals surface area contributed by atoms with Gasteiger partial charge in [-0.25, -0.2) is 0 Å². The monoisotopic (exact) mass is 406 g/mol. The van der Waals surface area contributed by atoms with Crippen LogP contribution in [0.2, 0.25) is 0 Å². The number of hydrogen-bond donors (Lipinski definition) is 0. The number of unbranched alkanes of at least 4 members (excludes halogenated alkanes) is 6. The van der Waals surface area contributed by atoms with Gasteiger partial charge in [0.2, 0.25) is 0 Å². The summed E-state index contributed by atoms with van der Waals surface area (Å²) in [5.74, 6) is 0.0785. The van der Waals surface area contributed by atoms with Crippen LogP contribution in [-0.4, -0.2) is 5.97 Å². The van der Waals surface area contributed by atoms with Crippen LogP contribution in [0, 0.1) is 5.92 Å². The number of ether oxygens (including phenoxy) is 1. The number of rotatable bonds is 12. The van der Waals surface area contributed by atoms with Crippen LogP contribution in [0.15, 0.2) is 48.5 Å². The lowest BCUT2D eigenvalue weighted by Gasteiger charge is -2.11. The van der Waals surface area contributed by atoms with E-state index in [2.05, 4.69) is 62.4 Å². The lowest BCUT2D eigenvalue weighted by Crippen LogP contribution is -2.06. The van der Waals surface area contributed by atoms with Crippen LogP contribution >= 0.6 is 0 Å². The van der Waals surface area contributed by atoms with E-state index >= 15 is 0 Å². The van der Waals surface area contributed by atoms with E-state index in [4.69, 9.17) is 4.74 Å². The highest BCUT2D eigenvalue weighted by Gasteiger charge is 2.34. The summed E-state index contributed by atoms with van der Waals surface area (Å²) < 4.78 is 5.71. The lowest BCUT2D eigenvalue weighted by atomic mass is 9.94. The highest BCUT2D eigenvalue weighted by atomic mass is 16.5. The van der Waals surface area contributed by atoms with Gasteiger partial charge in [0.05, 0.1) is 5.92 Å². The molecule has 0 radical (unpaired) electrons. The maximum Gasteiger partial charge on any atom is 0.309 e. The Kier molecular flexibility index (Phi) is 8.99. The fourth-order valence-corrected chi connectivity index (χ4v) is 4.41. The van der Waals surface area contributed by atoms with Crippen molar-refractivity contribution in [1.82, 2.24) is 0 Å². The summed E-state index contributed by atoms with van der Waals surface area (Å²) in [6.45, 7) is 4.47. The summed E-state index contributed by atoms with van der Waals surface area (Å²) in [5, 5.41) is 0. The maximum atomic E-state index is 12.3. The third-order valence-electron chi connectivity index (χ3n) is 6.39. The molecule has 2 aromatic carbocycles. The van der Waals surface area contributed by atoms with Crippen molar-refractivity contribution in [1.29, 1.82) is 0 Å². The molecule has 162 valence electrons. The Bertz CT molecular complexity index is 760. The van der Waals surface area contributed by atoms with Crippen molar-refractivity contribution in [3.63, 3.8) is 0 Å². The third kappa shape index (κ3) is 6.45. The Morgan fingerprint density at radius 2 is 1.37 bits per heavy atom. The van der Waals surface area contributed by atoms with E-state index in [1.807, 2.05) is 0 Å². The first-order chi connectivity index (χ1) is 14.7. The van der Waals surface area contributed by atoms with Gasteiger partial charge in [-0.05, 0) is 41.5 Å². The van der Waals surface area contributed by atoms with Crippen molar-refractivity contribution < 1.29 is 9.53 Å². The first-order valence-electron chi connectivity index (χ1n) is 12.1. The van der Waals surface area contributed by atoms with Gasteiger partial charge >= 0.3 is 5.97 Å². The second-order valence-electron chi connectivity index (χ2n) is 8.84. The Hall–Kier alpha value is -2.09. The first-order valence-corrected chi connectivity index (χ1v) is 12.1. The zero-order valence-electron chi connectivity index (χ0n) is 18.9. The molecule has 1 fully saturated rings. The molecule has 2 unspecified atom stereocenters. The normalized spacial score (nSPS) is 18.5. The van der Waals surface area contributed by atoms with Crippen molar-refractivity contribution in [2.75, 3.05) is 0 Å². The molecular weight excluding hydrogens is 368 g/mol. The first kappa shape index (κ1) is 22.6. The molecular formula is C28H38O2. The fraction of sp³-hybridized carbons (Fsp3) is 0.536. The average Bonchev–Trinajstić information content (AvgIpc) is 3.15.